The number of nitrogens with zero attached hydrogens (tertiary/aromatic N) is 5. The molecule has 9 heteroatoms. The number of likely N-dealkylation sites (tertiary alicyclic amines) is 1. The van der Waals surface area contributed by atoms with E-state index in [4.69, 9.17) is 4.74 Å². The van der Waals surface area contributed by atoms with Crippen LogP contribution in [0.15, 0.2) is 30.7 Å². The summed E-state index contributed by atoms with van der Waals surface area (Å²) in [6.07, 6.45) is 5.46. The molecule has 2 aliphatic heterocycles. The molecule has 0 aliphatic carbocycles. The smallest absolute Gasteiger partial charge is 0.226 e. The second-order valence-corrected chi connectivity index (χ2v) is 7.46. The van der Waals surface area contributed by atoms with Crippen LogP contribution in [0.1, 0.15) is 23.9 Å². The number of hydrogen-bond donors (Lipinski definition) is 1. The number of nitrogens with one attached hydrogen (secondary N) is 1. The number of pyridine rings is 1. The van der Waals surface area contributed by atoms with Gasteiger partial charge in [-0.2, -0.15) is 0 Å². The zero-order valence-electron chi connectivity index (χ0n) is 16.7. The monoisotopic (exact) mass is 398 g/mol. The van der Waals surface area contributed by atoms with Crippen molar-refractivity contribution in [3.63, 3.8) is 0 Å². The lowest BCUT2D eigenvalue weighted by molar-refractivity contribution is -0.128. The molecule has 0 saturated carbocycles. The van der Waals surface area contributed by atoms with E-state index in [0.29, 0.717) is 25.6 Å². The van der Waals surface area contributed by atoms with Crippen LogP contribution in [0.25, 0.3) is 0 Å². The molecule has 2 aromatic heterocycles. The highest BCUT2D eigenvalue weighted by atomic mass is 16.5. The van der Waals surface area contributed by atoms with E-state index in [1.54, 1.807) is 24.3 Å². The second-order valence-electron chi connectivity index (χ2n) is 7.46. The van der Waals surface area contributed by atoms with Gasteiger partial charge in [-0.05, 0) is 6.07 Å². The number of hydrogen-bond acceptors (Lipinski definition) is 6. The van der Waals surface area contributed by atoms with E-state index < -0.39 is 5.92 Å². The van der Waals surface area contributed by atoms with Crippen LogP contribution < -0.4 is 10.2 Å². The zero-order chi connectivity index (χ0) is 20.4. The summed E-state index contributed by atoms with van der Waals surface area (Å²) in [4.78, 5) is 38.0. The molecule has 0 bridgehead atoms. The van der Waals surface area contributed by atoms with Gasteiger partial charge in [0.1, 0.15) is 17.7 Å². The fraction of sp³-hybridized carbons (Fsp3) is 0.500. The molecule has 0 spiro atoms. The van der Waals surface area contributed by atoms with Gasteiger partial charge in [0.05, 0.1) is 19.1 Å². The maximum Gasteiger partial charge on any atom is 0.226 e. The van der Waals surface area contributed by atoms with Crippen LogP contribution in [-0.2, 0) is 27.9 Å². The van der Waals surface area contributed by atoms with E-state index in [1.165, 1.54) is 0 Å². The minimum atomic E-state index is -0.475. The van der Waals surface area contributed by atoms with Crippen LogP contribution in [0.4, 0.5) is 5.82 Å². The number of ether oxygens (including phenoxy) is 1. The molecule has 4 rings (SSSR count). The van der Waals surface area contributed by atoms with Crippen LogP contribution in [0.5, 0.6) is 0 Å². The lowest BCUT2D eigenvalue weighted by Crippen LogP contribution is -2.38. The number of imidazole rings is 1. The lowest BCUT2D eigenvalue weighted by atomic mass is 9.98. The van der Waals surface area contributed by atoms with Crippen molar-refractivity contribution in [1.29, 1.82) is 0 Å². The van der Waals surface area contributed by atoms with Gasteiger partial charge in [-0.15, -0.1) is 0 Å². The van der Waals surface area contributed by atoms with Crippen molar-refractivity contribution < 1.29 is 14.3 Å². The SMILES string of the molecule is CN1C(=O)C[C@H](C(=O)NCc2cccnc2N2CCOCC2)[C@H]1c1nccn1C. The Morgan fingerprint density at radius 1 is 1.24 bits per heavy atom. The zero-order valence-corrected chi connectivity index (χ0v) is 16.7. The van der Waals surface area contributed by atoms with Gasteiger partial charge in [-0.25, -0.2) is 9.97 Å². The Morgan fingerprint density at radius 2 is 2.03 bits per heavy atom. The first-order chi connectivity index (χ1) is 14.1. The largest absolute Gasteiger partial charge is 0.378 e. The Kier molecular flexibility index (Phi) is 5.48. The quantitative estimate of drug-likeness (QED) is 0.788. The fourth-order valence-electron chi connectivity index (χ4n) is 4.06. The van der Waals surface area contributed by atoms with Gasteiger partial charge in [0, 0.05) is 64.3 Å². The molecule has 2 fully saturated rings. The minimum absolute atomic E-state index is 0.0477. The Hall–Kier alpha value is -2.94. The van der Waals surface area contributed by atoms with Crippen LogP contribution in [-0.4, -0.2) is 64.6 Å². The molecule has 2 aliphatic rings. The van der Waals surface area contributed by atoms with Crippen molar-refractivity contribution in [3.05, 3.63) is 42.1 Å². The summed E-state index contributed by atoms with van der Waals surface area (Å²) in [7, 11) is 3.60. The molecule has 2 amide bonds. The summed E-state index contributed by atoms with van der Waals surface area (Å²) in [6.45, 7) is 3.26. The molecule has 4 heterocycles. The summed E-state index contributed by atoms with van der Waals surface area (Å²) in [5.74, 6) is 0.920. The number of aromatic nitrogens is 3. The average Bonchev–Trinajstić information content (AvgIpc) is 3.29. The standard InChI is InChI=1S/C20H26N6O3/c1-24-7-6-22-19(24)17-15(12-16(27)25(17)2)20(28)23-13-14-4-3-5-21-18(14)26-8-10-29-11-9-26/h3-7,15,17H,8-13H2,1-2H3,(H,23,28)/t15-,17-/m0/s1. The van der Waals surface area contributed by atoms with Gasteiger partial charge in [-0.3, -0.25) is 9.59 Å². The van der Waals surface area contributed by atoms with E-state index in [2.05, 4.69) is 20.2 Å². The highest BCUT2D eigenvalue weighted by Gasteiger charge is 2.44. The summed E-state index contributed by atoms with van der Waals surface area (Å²) in [6, 6.07) is 3.48. The number of rotatable bonds is 5. The predicted molar refractivity (Wildman–Crippen MR) is 106 cm³/mol. The van der Waals surface area contributed by atoms with E-state index in [9.17, 15) is 9.59 Å². The lowest BCUT2D eigenvalue weighted by Gasteiger charge is -2.29. The summed E-state index contributed by atoms with van der Waals surface area (Å²) < 4.78 is 7.28. The van der Waals surface area contributed by atoms with E-state index >= 15 is 0 Å². The van der Waals surface area contributed by atoms with Crippen LogP contribution in [0.2, 0.25) is 0 Å². The third-order valence-electron chi connectivity index (χ3n) is 5.68. The molecule has 1 N–H and O–H groups in total. The number of aryl methyl sites for hydroxylation is 1. The van der Waals surface area contributed by atoms with Crippen molar-refractivity contribution in [2.45, 2.75) is 19.0 Å². The normalized spacial score (nSPS) is 22.2. The van der Waals surface area contributed by atoms with E-state index in [1.807, 2.05) is 29.9 Å². The van der Waals surface area contributed by atoms with E-state index in [-0.39, 0.29) is 24.3 Å². The first-order valence-corrected chi connectivity index (χ1v) is 9.83. The maximum atomic E-state index is 13.0. The van der Waals surface area contributed by atoms with Gasteiger partial charge in [0.25, 0.3) is 0 Å². The topological polar surface area (TPSA) is 92.6 Å². The van der Waals surface area contributed by atoms with Crippen molar-refractivity contribution in [2.75, 3.05) is 38.3 Å². The molecule has 2 saturated heterocycles. The van der Waals surface area contributed by atoms with Crippen LogP contribution in [0.3, 0.4) is 0 Å². The number of anilines is 1. The third-order valence-corrected chi connectivity index (χ3v) is 5.68. The molecule has 9 nitrogen and oxygen atoms in total. The molecule has 0 unspecified atom stereocenters. The van der Waals surface area contributed by atoms with Crippen molar-refractivity contribution in [2.24, 2.45) is 13.0 Å². The van der Waals surface area contributed by atoms with Crippen LogP contribution >= 0.6 is 0 Å². The molecule has 154 valence electrons. The average molecular weight is 398 g/mol. The Bertz CT molecular complexity index is 892. The van der Waals surface area contributed by atoms with Gasteiger partial charge in [-0.1, -0.05) is 6.07 Å². The summed E-state index contributed by atoms with van der Waals surface area (Å²) in [5, 5.41) is 3.02. The van der Waals surface area contributed by atoms with E-state index in [0.717, 1.165) is 24.5 Å². The Labute approximate surface area is 169 Å². The fourth-order valence-corrected chi connectivity index (χ4v) is 4.06. The van der Waals surface area contributed by atoms with Gasteiger partial charge in [0.2, 0.25) is 11.8 Å². The molecule has 2 aromatic rings. The predicted octanol–water partition coefficient (Wildman–Crippen LogP) is 0.488. The summed E-state index contributed by atoms with van der Waals surface area (Å²) in [5.41, 5.74) is 0.953. The highest BCUT2D eigenvalue weighted by molar-refractivity contribution is 5.90. The number of morpholine rings is 1. The van der Waals surface area contributed by atoms with Gasteiger partial charge >= 0.3 is 0 Å². The molecule has 0 aromatic carbocycles. The highest BCUT2D eigenvalue weighted by Crippen LogP contribution is 2.36. The molecule has 29 heavy (non-hydrogen) atoms. The Morgan fingerprint density at radius 3 is 2.76 bits per heavy atom. The van der Waals surface area contributed by atoms with Gasteiger partial charge < -0.3 is 24.4 Å². The first-order valence-electron chi connectivity index (χ1n) is 9.83. The third kappa shape index (κ3) is 3.82. The number of carbonyl (C=O) groups is 2. The number of amides is 2. The minimum Gasteiger partial charge on any atom is -0.378 e. The second kappa shape index (κ2) is 8.20. The summed E-state index contributed by atoms with van der Waals surface area (Å²) >= 11 is 0. The first kappa shape index (κ1) is 19.4. The van der Waals surface area contributed by atoms with Crippen molar-refractivity contribution in [1.82, 2.24) is 24.8 Å². The Balaban J connectivity index is 1.48. The maximum absolute atomic E-state index is 13.0. The number of carbonyl (C=O) groups excluding carboxylic acids is 2. The molecular formula is C20H26N6O3. The van der Waals surface area contributed by atoms with Crippen LogP contribution in [0, 0.1) is 5.92 Å². The van der Waals surface area contributed by atoms with Gasteiger partial charge in [0.15, 0.2) is 0 Å². The van der Waals surface area contributed by atoms with Crippen molar-refractivity contribution in [3.8, 4) is 0 Å². The van der Waals surface area contributed by atoms with Crippen molar-refractivity contribution >= 4 is 17.6 Å². The molecule has 0 radical (unpaired) electrons. The molecule has 2 atom stereocenters. The molecular weight excluding hydrogens is 372 g/mol.